The second kappa shape index (κ2) is 5.80. The maximum atomic E-state index is 10.9. The lowest BCUT2D eigenvalue weighted by atomic mass is 10.1. The first-order valence-corrected chi connectivity index (χ1v) is 4.87. The van der Waals surface area contributed by atoms with E-state index in [4.69, 9.17) is 10.5 Å². The zero-order valence-electron chi connectivity index (χ0n) is 9.30. The summed E-state index contributed by atoms with van der Waals surface area (Å²) in [6.07, 6.45) is 0. The van der Waals surface area contributed by atoms with E-state index in [-0.39, 0.29) is 11.3 Å². The average Bonchev–Trinajstić information content (AvgIpc) is 2.29. The Labute approximate surface area is 97.7 Å². The van der Waals surface area contributed by atoms with E-state index >= 15 is 0 Å². The monoisotopic (exact) mass is 239 g/mol. The summed E-state index contributed by atoms with van der Waals surface area (Å²) in [5.41, 5.74) is 5.31. The van der Waals surface area contributed by atoms with E-state index in [2.05, 4.69) is 5.32 Å². The van der Waals surface area contributed by atoms with Crippen LogP contribution in [0.15, 0.2) is 18.2 Å². The van der Waals surface area contributed by atoms with Gasteiger partial charge in [0.05, 0.1) is 11.5 Å². The van der Waals surface area contributed by atoms with Crippen molar-refractivity contribution in [3.8, 4) is 0 Å². The number of carbonyl (C=O) groups excluding carboxylic acids is 1. The van der Waals surface area contributed by atoms with Gasteiger partial charge >= 0.3 is 0 Å². The van der Waals surface area contributed by atoms with Crippen molar-refractivity contribution in [1.29, 1.82) is 0 Å². The Kier molecular flexibility index (Phi) is 4.41. The summed E-state index contributed by atoms with van der Waals surface area (Å²) in [7, 11) is 1.53. The molecule has 0 aromatic heterocycles. The van der Waals surface area contributed by atoms with Gasteiger partial charge in [-0.1, -0.05) is 0 Å². The van der Waals surface area contributed by atoms with E-state index in [0.717, 1.165) is 6.07 Å². The molecule has 0 heterocycles. The number of primary amides is 1. The predicted octanol–water partition coefficient (Wildman–Crippen LogP) is 0.752. The number of methoxy groups -OCH3 is 1. The molecule has 7 heteroatoms. The molecule has 0 aliphatic carbocycles. The highest BCUT2D eigenvalue weighted by Gasteiger charge is 2.15. The molecule has 92 valence electrons. The zero-order chi connectivity index (χ0) is 12.8. The molecule has 0 bridgehead atoms. The fraction of sp³-hybridized carbons (Fsp3) is 0.300. The van der Waals surface area contributed by atoms with Crippen LogP contribution in [-0.4, -0.2) is 31.1 Å². The van der Waals surface area contributed by atoms with Crippen LogP contribution in [0.25, 0.3) is 0 Å². The lowest BCUT2D eigenvalue weighted by Gasteiger charge is -2.07. The van der Waals surface area contributed by atoms with Crippen LogP contribution in [0.5, 0.6) is 0 Å². The lowest BCUT2D eigenvalue weighted by molar-refractivity contribution is -0.384. The van der Waals surface area contributed by atoms with Gasteiger partial charge in [-0.2, -0.15) is 0 Å². The third kappa shape index (κ3) is 3.42. The number of benzene rings is 1. The summed E-state index contributed by atoms with van der Waals surface area (Å²) >= 11 is 0. The topological polar surface area (TPSA) is 107 Å². The Morgan fingerprint density at radius 3 is 2.82 bits per heavy atom. The molecule has 7 nitrogen and oxygen atoms in total. The maximum absolute atomic E-state index is 10.9. The van der Waals surface area contributed by atoms with Crippen molar-refractivity contribution in [2.75, 3.05) is 25.6 Å². The van der Waals surface area contributed by atoms with Crippen LogP contribution in [0, 0.1) is 10.1 Å². The molecule has 0 spiro atoms. The van der Waals surface area contributed by atoms with Gasteiger partial charge in [-0.05, 0) is 12.1 Å². The van der Waals surface area contributed by atoms with Crippen LogP contribution >= 0.6 is 0 Å². The van der Waals surface area contributed by atoms with Crippen molar-refractivity contribution in [2.24, 2.45) is 5.73 Å². The molecular formula is C10H13N3O4. The first-order chi connectivity index (χ1) is 8.06. The highest BCUT2D eigenvalue weighted by Crippen LogP contribution is 2.25. The highest BCUT2D eigenvalue weighted by atomic mass is 16.6. The van der Waals surface area contributed by atoms with E-state index in [9.17, 15) is 14.9 Å². The summed E-state index contributed by atoms with van der Waals surface area (Å²) in [5.74, 6) is -0.698. The van der Waals surface area contributed by atoms with Crippen molar-refractivity contribution in [3.05, 3.63) is 33.9 Å². The number of amides is 1. The molecule has 0 aliphatic rings. The van der Waals surface area contributed by atoms with Crippen LogP contribution < -0.4 is 11.1 Å². The largest absolute Gasteiger partial charge is 0.383 e. The number of ether oxygens (including phenoxy) is 1. The van der Waals surface area contributed by atoms with Crippen molar-refractivity contribution in [1.82, 2.24) is 0 Å². The number of hydrogen-bond donors (Lipinski definition) is 2. The van der Waals surface area contributed by atoms with Gasteiger partial charge in [-0.3, -0.25) is 14.9 Å². The highest BCUT2D eigenvalue weighted by molar-refractivity contribution is 5.94. The fourth-order valence-electron chi connectivity index (χ4n) is 1.27. The van der Waals surface area contributed by atoms with Crippen molar-refractivity contribution < 1.29 is 14.5 Å². The van der Waals surface area contributed by atoms with Gasteiger partial charge in [0.25, 0.3) is 5.69 Å². The van der Waals surface area contributed by atoms with Gasteiger partial charge in [-0.15, -0.1) is 0 Å². The maximum Gasteiger partial charge on any atom is 0.293 e. The molecule has 1 aromatic rings. The number of nitro benzene ring substituents is 1. The second-order valence-corrected chi connectivity index (χ2v) is 3.27. The number of nitrogens with zero attached hydrogens (tertiary/aromatic N) is 1. The van der Waals surface area contributed by atoms with Crippen LogP contribution in [0.2, 0.25) is 0 Å². The molecule has 0 saturated heterocycles. The average molecular weight is 239 g/mol. The Morgan fingerprint density at radius 1 is 1.59 bits per heavy atom. The molecule has 0 radical (unpaired) electrons. The van der Waals surface area contributed by atoms with Crippen LogP contribution in [0.3, 0.4) is 0 Å². The second-order valence-electron chi connectivity index (χ2n) is 3.27. The number of nitro groups is 1. The molecule has 1 amide bonds. The summed E-state index contributed by atoms with van der Waals surface area (Å²) in [5, 5.41) is 13.7. The first-order valence-electron chi connectivity index (χ1n) is 4.87. The van der Waals surface area contributed by atoms with Crippen molar-refractivity contribution in [2.45, 2.75) is 0 Å². The number of nitrogens with two attached hydrogens (primary N) is 1. The van der Waals surface area contributed by atoms with Gasteiger partial charge in [0.1, 0.15) is 5.69 Å². The summed E-state index contributed by atoms with van der Waals surface area (Å²) in [6.45, 7) is 0.863. The smallest absolute Gasteiger partial charge is 0.293 e. The van der Waals surface area contributed by atoms with Gasteiger partial charge in [-0.25, -0.2) is 0 Å². The Balaban J connectivity index is 2.96. The lowest BCUT2D eigenvalue weighted by Crippen LogP contribution is -2.13. The fourth-order valence-corrected chi connectivity index (χ4v) is 1.27. The van der Waals surface area contributed by atoms with Gasteiger partial charge in [0.15, 0.2) is 0 Å². The van der Waals surface area contributed by atoms with Crippen LogP contribution in [0.1, 0.15) is 10.4 Å². The number of rotatable bonds is 6. The first kappa shape index (κ1) is 12.9. The van der Waals surface area contributed by atoms with Crippen molar-refractivity contribution in [3.63, 3.8) is 0 Å². The Morgan fingerprint density at radius 2 is 2.29 bits per heavy atom. The minimum absolute atomic E-state index is 0.106. The molecule has 3 N–H and O–H groups in total. The SMILES string of the molecule is COCCNc1ccc(C(N)=O)cc1[N+](=O)[O-]. The van der Waals surface area contributed by atoms with Crippen molar-refractivity contribution >= 4 is 17.3 Å². The van der Waals surface area contributed by atoms with Crippen LogP contribution in [0.4, 0.5) is 11.4 Å². The molecule has 0 atom stereocenters. The van der Waals surface area contributed by atoms with E-state index in [1.165, 1.54) is 19.2 Å². The minimum Gasteiger partial charge on any atom is -0.383 e. The molecule has 0 saturated carbocycles. The van der Waals surface area contributed by atoms with E-state index in [0.29, 0.717) is 18.8 Å². The quantitative estimate of drug-likeness (QED) is 0.432. The number of carbonyl (C=O) groups is 1. The zero-order valence-corrected chi connectivity index (χ0v) is 9.30. The minimum atomic E-state index is -0.698. The van der Waals surface area contributed by atoms with E-state index in [1.807, 2.05) is 0 Å². The summed E-state index contributed by atoms with van der Waals surface area (Å²) in [4.78, 5) is 21.2. The number of anilines is 1. The van der Waals surface area contributed by atoms with Gasteiger partial charge < -0.3 is 15.8 Å². The Hall–Kier alpha value is -2.15. The van der Waals surface area contributed by atoms with E-state index < -0.39 is 10.8 Å². The predicted molar refractivity (Wildman–Crippen MR) is 62.0 cm³/mol. The standard InChI is InChI=1S/C10H13N3O4/c1-17-5-4-12-8-3-2-7(10(11)14)6-9(8)13(15)16/h2-3,6,12H,4-5H2,1H3,(H2,11,14). The Bertz CT molecular complexity index is 434. The van der Waals surface area contributed by atoms with Gasteiger partial charge in [0.2, 0.25) is 5.91 Å². The normalized spacial score (nSPS) is 9.94. The molecule has 1 rings (SSSR count). The molecule has 17 heavy (non-hydrogen) atoms. The summed E-state index contributed by atoms with van der Waals surface area (Å²) in [6, 6.07) is 4.04. The molecule has 0 aliphatic heterocycles. The molecular weight excluding hydrogens is 226 g/mol. The molecule has 0 unspecified atom stereocenters. The third-order valence-corrected chi connectivity index (χ3v) is 2.10. The van der Waals surface area contributed by atoms with E-state index in [1.54, 1.807) is 0 Å². The van der Waals surface area contributed by atoms with Gasteiger partial charge in [0, 0.05) is 25.3 Å². The molecule has 0 fully saturated rings. The number of hydrogen-bond acceptors (Lipinski definition) is 5. The van der Waals surface area contributed by atoms with Crippen LogP contribution in [-0.2, 0) is 4.74 Å². The molecule has 1 aromatic carbocycles. The number of nitrogens with one attached hydrogen (secondary N) is 1. The summed E-state index contributed by atoms with van der Waals surface area (Å²) < 4.78 is 4.82. The third-order valence-electron chi connectivity index (χ3n) is 2.10.